The van der Waals surface area contributed by atoms with Crippen LogP contribution in [0.1, 0.15) is 25.3 Å². The van der Waals surface area contributed by atoms with Gasteiger partial charge in [-0.2, -0.15) is 9.97 Å². The smallest absolute Gasteiger partial charge is 0.234 e. The third-order valence-corrected chi connectivity index (χ3v) is 5.12. The molecule has 0 unspecified atom stereocenters. The number of anilines is 2. The van der Waals surface area contributed by atoms with Crippen molar-refractivity contribution in [1.82, 2.24) is 15.3 Å². The number of nitrogens with zero attached hydrogens (tertiary/aromatic N) is 3. The van der Waals surface area contributed by atoms with Crippen LogP contribution in [0.2, 0.25) is 5.02 Å². The number of thiocarbonyl (C=S) groups is 1. The Labute approximate surface area is 170 Å². The van der Waals surface area contributed by atoms with Crippen LogP contribution in [-0.4, -0.2) is 35.3 Å². The van der Waals surface area contributed by atoms with E-state index in [1.54, 1.807) is 7.11 Å². The Balaban J connectivity index is 1.67. The highest BCUT2D eigenvalue weighted by atomic mass is 35.5. The first kappa shape index (κ1) is 19.6. The molecule has 2 N–H and O–H groups in total. The Hall–Kier alpha value is -2.12. The summed E-state index contributed by atoms with van der Waals surface area (Å²) in [5.41, 5.74) is 0.970. The number of rotatable bonds is 5. The normalized spacial score (nSPS) is 16.7. The van der Waals surface area contributed by atoms with Crippen LogP contribution < -0.4 is 20.3 Å². The molecular weight excluding hydrogens is 382 g/mol. The van der Waals surface area contributed by atoms with Gasteiger partial charge in [0.15, 0.2) is 5.11 Å². The van der Waals surface area contributed by atoms with Gasteiger partial charge in [0.05, 0.1) is 7.11 Å². The zero-order valence-electron chi connectivity index (χ0n) is 15.5. The molecule has 1 fully saturated rings. The van der Waals surface area contributed by atoms with Gasteiger partial charge in [-0.15, -0.1) is 0 Å². The standard InChI is InChI=1S/C19H24ClN5OS/c1-13-6-5-9-25(12-13)16-10-17(26-2)23-18(22-16)24-19(27)21-11-14-7-3-4-8-15(14)20/h3-4,7-8,10,13H,5-6,9,11-12H2,1-2H3,(H2,21,22,23,24,27)/t13-/m1/s1. The van der Waals surface area contributed by atoms with Gasteiger partial charge in [-0.25, -0.2) is 0 Å². The molecule has 1 aromatic heterocycles. The summed E-state index contributed by atoms with van der Waals surface area (Å²) in [4.78, 5) is 11.2. The van der Waals surface area contributed by atoms with Crippen LogP contribution in [0.4, 0.5) is 11.8 Å². The highest BCUT2D eigenvalue weighted by Crippen LogP contribution is 2.25. The van der Waals surface area contributed by atoms with Crippen LogP contribution in [0, 0.1) is 5.92 Å². The van der Waals surface area contributed by atoms with Gasteiger partial charge in [0.2, 0.25) is 11.8 Å². The molecule has 2 aromatic rings. The SMILES string of the molecule is COc1cc(N2CCC[C@@H](C)C2)nc(NC(=S)NCc2ccccc2Cl)n1. The Morgan fingerprint density at radius 3 is 2.93 bits per heavy atom. The van der Waals surface area contributed by atoms with Crippen molar-refractivity contribution in [1.29, 1.82) is 0 Å². The van der Waals surface area contributed by atoms with Crippen molar-refractivity contribution in [2.75, 3.05) is 30.4 Å². The van der Waals surface area contributed by atoms with Gasteiger partial charge in [-0.3, -0.25) is 0 Å². The zero-order chi connectivity index (χ0) is 19.2. The van der Waals surface area contributed by atoms with E-state index >= 15 is 0 Å². The third kappa shape index (κ3) is 5.43. The van der Waals surface area contributed by atoms with E-state index in [0.717, 1.165) is 30.9 Å². The second kappa shape index (κ2) is 9.19. The lowest BCUT2D eigenvalue weighted by molar-refractivity contribution is 0.396. The Kier molecular flexibility index (Phi) is 6.68. The van der Waals surface area contributed by atoms with Gasteiger partial charge in [0, 0.05) is 30.7 Å². The number of ether oxygens (including phenoxy) is 1. The number of aromatic nitrogens is 2. The topological polar surface area (TPSA) is 62.3 Å². The van der Waals surface area contributed by atoms with Crippen molar-refractivity contribution in [3.63, 3.8) is 0 Å². The lowest BCUT2D eigenvalue weighted by atomic mass is 10.0. The molecule has 27 heavy (non-hydrogen) atoms. The quantitative estimate of drug-likeness (QED) is 0.732. The van der Waals surface area contributed by atoms with E-state index in [4.69, 9.17) is 28.6 Å². The van der Waals surface area contributed by atoms with Crippen LogP contribution in [-0.2, 0) is 6.54 Å². The summed E-state index contributed by atoms with van der Waals surface area (Å²) < 4.78 is 5.34. The van der Waals surface area contributed by atoms with Crippen molar-refractivity contribution in [2.45, 2.75) is 26.3 Å². The molecule has 0 bridgehead atoms. The Morgan fingerprint density at radius 2 is 2.19 bits per heavy atom. The Morgan fingerprint density at radius 1 is 1.37 bits per heavy atom. The van der Waals surface area contributed by atoms with E-state index in [2.05, 4.69) is 32.4 Å². The summed E-state index contributed by atoms with van der Waals surface area (Å²) in [5.74, 6) is 2.42. The zero-order valence-corrected chi connectivity index (χ0v) is 17.1. The molecule has 144 valence electrons. The van der Waals surface area contributed by atoms with Crippen molar-refractivity contribution in [3.8, 4) is 5.88 Å². The molecule has 2 heterocycles. The van der Waals surface area contributed by atoms with Crippen molar-refractivity contribution < 1.29 is 4.74 Å². The summed E-state index contributed by atoms with van der Waals surface area (Å²) in [6, 6.07) is 9.51. The lowest BCUT2D eigenvalue weighted by Crippen LogP contribution is -2.35. The summed E-state index contributed by atoms with van der Waals surface area (Å²) in [6.07, 6.45) is 2.41. The van der Waals surface area contributed by atoms with Crippen LogP contribution in [0.25, 0.3) is 0 Å². The van der Waals surface area contributed by atoms with Gasteiger partial charge < -0.3 is 20.3 Å². The number of hydrogen-bond acceptors (Lipinski definition) is 5. The fourth-order valence-corrected chi connectivity index (χ4v) is 3.46. The molecule has 8 heteroatoms. The molecule has 1 atom stereocenters. The molecule has 0 radical (unpaired) electrons. The number of hydrogen-bond donors (Lipinski definition) is 2. The fourth-order valence-electron chi connectivity index (χ4n) is 3.10. The van der Waals surface area contributed by atoms with Crippen LogP contribution in [0.5, 0.6) is 5.88 Å². The van der Waals surface area contributed by atoms with Gasteiger partial charge in [-0.05, 0) is 42.6 Å². The fraction of sp³-hybridized carbons (Fsp3) is 0.421. The largest absolute Gasteiger partial charge is 0.481 e. The predicted molar refractivity (Wildman–Crippen MR) is 114 cm³/mol. The second-order valence-electron chi connectivity index (χ2n) is 6.68. The summed E-state index contributed by atoms with van der Waals surface area (Å²) in [7, 11) is 1.60. The maximum atomic E-state index is 6.18. The summed E-state index contributed by atoms with van der Waals surface area (Å²) in [5, 5.41) is 7.31. The van der Waals surface area contributed by atoms with Crippen molar-refractivity contribution in [2.24, 2.45) is 5.92 Å². The van der Waals surface area contributed by atoms with E-state index < -0.39 is 0 Å². The van der Waals surface area contributed by atoms with Crippen molar-refractivity contribution in [3.05, 3.63) is 40.9 Å². The molecular formula is C19H24ClN5OS. The van der Waals surface area contributed by atoms with E-state index in [1.807, 2.05) is 30.3 Å². The molecule has 3 rings (SSSR count). The number of piperidine rings is 1. The molecule has 0 spiro atoms. The summed E-state index contributed by atoms with van der Waals surface area (Å²) >= 11 is 11.6. The second-order valence-corrected chi connectivity index (χ2v) is 7.50. The Bertz CT molecular complexity index is 803. The molecule has 1 aliphatic rings. The average molecular weight is 406 g/mol. The van der Waals surface area contributed by atoms with Crippen molar-refractivity contribution >= 4 is 40.7 Å². The van der Waals surface area contributed by atoms with Gasteiger partial charge in [0.25, 0.3) is 0 Å². The highest BCUT2D eigenvalue weighted by Gasteiger charge is 2.19. The van der Waals surface area contributed by atoms with Crippen LogP contribution in [0.15, 0.2) is 30.3 Å². The van der Waals surface area contributed by atoms with E-state index in [9.17, 15) is 0 Å². The average Bonchev–Trinajstić information content (AvgIpc) is 2.67. The van der Waals surface area contributed by atoms with E-state index in [-0.39, 0.29) is 0 Å². The summed E-state index contributed by atoms with van der Waals surface area (Å²) in [6.45, 7) is 4.75. The highest BCUT2D eigenvalue weighted by molar-refractivity contribution is 7.80. The molecule has 1 aromatic carbocycles. The van der Waals surface area contributed by atoms with Gasteiger partial charge in [0.1, 0.15) is 5.82 Å². The number of halogens is 1. The maximum Gasteiger partial charge on any atom is 0.234 e. The number of nitrogens with one attached hydrogen (secondary N) is 2. The van der Waals surface area contributed by atoms with E-state index in [1.165, 1.54) is 6.42 Å². The molecule has 1 aliphatic heterocycles. The molecule has 0 aliphatic carbocycles. The first-order valence-corrected chi connectivity index (χ1v) is 9.80. The van der Waals surface area contributed by atoms with E-state index in [0.29, 0.717) is 34.4 Å². The first-order chi connectivity index (χ1) is 13.0. The monoisotopic (exact) mass is 405 g/mol. The predicted octanol–water partition coefficient (Wildman–Crippen LogP) is 3.86. The maximum absolute atomic E-state index is 6.18. The minimum absolute atomic E-state index is 0.416. The van der Waals surface area contributed by atoms with Crippen LogP contribution in [0.3, 0.4) is 0 Å². The van der Waals surface area contributed by atoms with Crippen LogP contribution >= 0.6 is 23.8 Å². The number of methoxy groups -OCH3 is 1. The van der Waals surface area contributed by atoms with Gasteiger partial charge >= 0.3 is 0 Å². The molecule has 1 saturated heterocycles. The minimum Gasteiger partial charge on any atom is -0.481 e. The first-order valence-electron chi connectivity index (χ1n) is 9.01. The minimum atomic E-state index is 0.416. The molecule has 6 nitrogen and oxygen atoms in total. The van der Waals surface area contributed by atoms with Gasteiger partial charge in [-0.1, -0.05) is 36.7 Å². The molecule has 0 saturated carbocycles. The molecule has 0 amide bonds. The number of benzene rings is 1. The lowest BCUT2D eigenvalue weighted by Gasteiger charge is -2.32. The third-order valence-electron chi connectivity index (χ3n) is 4.50.